The van der Waals surface area contributed by atoms with Crippen molar-refractivity contribution in [1.82, 2.24) is 5.32 Å². The molecule has 1 fully saturated rings. The molecule has 0 saturated carbocycles. The Morgan fingerprint density at radius 1 is 1.02 bits per heavy atom. The quantitative estimate of drug-likeness (QED) is 0.347. The fourth-order valence-electron chi connectivity index (χ4n) is 4.36. The Labute approximate surface area is 228 Å². The predicted molar refractivity (Wildman–Crippen MR) is 137 cm³/mol. The Morgan fingerprint density at radius 3 is 2.25 bits per heavy atom. The molecule has 1 N–H and O–H groups in total. The molecule has 0 amide bonds. The van der Waals surface area contributed by atoms with E-state index in [9.17, 15) is 31.1 Å². The van der Waals surface area contributed by atoms with Gasteiger partial charge >= 0.3 is 18.3 Å². The number of hydrogen-bond donors (Lipinski definition) is 1. The summed E-state index contributed by atoms with van der Waals surface area (Å²) in [6.45, 7) is 2.90. The van der Waals surface area contributed by atoms with Gasteiger partial charge in [0, 0.05) is 69.9 Å². The lowest BCUT2D eigenvalue weighted by Gasteiger charge is -2.30. The highest BCUT2D eigenvalue weighted by atomic mass is 32.2. The van der Waals surface area contributed by atoms with Crippen molar-refractivity contribution in [2.75, 3.05) is 76.5 Å². The fraction of sp³-hybridized carbons (Fsp3) is 0.480. The minimum absolute atomic E-state index is 0.0404. The molecule has 220 valence electrons. The molecule has 2 aromatic rings. The zero-order valence-electron chi connectivity index (χ0n) is 21.7. The molecule has 0 aromatic heterocycles. The SMILES string of the molecule is COCCN(CCOC)c1cc2c(cc1C(F)(F)F)N=c1ccc(N3CCNCC3)cc1=S2OC(=O)C(F)(F)F. The lowest BCUT2D eigenvalue weighted by molar-refractivity contribution is -0.188. The lowest BCUT2D eigenvalue weighted by atomic mass is 10.1. The van der Waals surface area contributed by atoms with E-state index in [1.807, 2.05) is 4.90 Å². The number of alkyl halides is 6. The van der Waals surface area contributed by atoms with Crippen LogP contribution in [0.5, 0.6) is 0 Å². The second-order valence-corrected chi connectivity index (χ2v) is 10.5. The maximum atomic E-state index is 14.3. The van der Waals surface area contributed by atoms with E-state index in [0.717, 1.165) is 12.1 Å². The number of benzene rings is 2. The molecule has 15 heteroatoms. The van der Waals surface area contributed by atoms with Crippen LogP contribution in [0.15, 0.2) is 40.2 Å². The van der Waals surface area contributed by atoms with Crippen LogP contribution in [-0.2, 0) is 24.6 Å². The highest BCUT2D eigenvalue weighted by Crippen LogP contribution is 2.48. The summed E-state index contributed by atoms with van der Waals surface area (Å²) in [6.07, 6.45) is -10.1. The van der Waals surface area contributed by atoms with E-state index < -0.39 is 34.7 Å². The number of carbonyl (C=O) groups is 1. The van der Waals surface area contributed by atoms with Gasteiger partial charge in [-0.25, -0.2) is 9.79 Å². The number of carbonyl (C=O) groups excluding carboxylic acids is 1. The standard InChI is InChI=1S/C25H28F6N4O4S/c1-37-11-9-35(10-12-38-2)20-15-22-19(14-17(20)24(26,27)28)33-18-4-3-16(34-7-5-32-6-8-34)13-21(18)40(22)39-23(36)25(29,30)31/h3-4,13-15,32H,5-12H2,1-2H3. The molecule has 0 radical (unpaired) electrons. The van der Waals surface area contributed by atoms with Crippen LogP contribution >= 0.6 is 10.8 Å². The second-order valence-electron chi connectivity index (χ2n) is 8.95. The summed E-state index contributed by atoms with van der Waals surface area (Å²) in [5.74, 6) is -2.45. The Morgan fingerprint density at radius 2 is 1.68 bits per heavy atom. The molecule has 1 atom stereocenters. The third-order valence-corrected chi connectivity index (χ3v) is 8.08. The molecule has 1 saturated heterocycles. The van der Waals surface area contributed by atoms with E-state index in [1.165, 1.54) is 25.2 Å². The van der Waals surface area contributed by atoms with E-state index in [0.29, 0.717) is 31.9 Å². The topological polar surface area (TPSA) is 75.6 Å². The third-order valence-electron chi connectivity index (χ3n) is 6.31. The first-order valence-electron chi connectivity index (χ1n) is 12.3. The number of fused-ring (bicyclic) bond motifs is 2. The van der Waals surface area contributed by atoms with Gasteiger partial charge < -0.3 is 28.8 Å². The average Bonchev–Trinajstić information content (AvgIpc) is 2.91. The highest BCUT2D eigenvalue weighted by Gasteiger charge is 2.43. The average molecular weight is 595 g/mol. The number of anilines is 2. The van der Waals surface area contributed by atoms with Crippen molar-refractivity contribution in [2.45, 2.75) is 17.2 Å². The third kappa shape index (κ3) is 6.70. The van der Waals surface area contributed by atoms with Gasteiger partial charge in [0.05, 0.1) is 44.9 Å². The van der Waals surface area contributed by atoms with E-state index in [-0.39, 0.29) is 52.4 Å². The first-order valence-corrected chi connectivity index (χ1v) is 13.4. The summed E-state index contributed by atoms with van der Waals surface area (Å²) in [5, 5.41) is 3.33. The van der Waals surface area contributed by atoms with Crippen LogP contribution in [0.4, 0.5) is 43.4 Å². The summed E-state index contributed by atoms with van der Waals surface area (Å²) in [4.78, 5) is 19.7. The molecule has 2 aromatic carbocycles. The van der Waals surface area contributed by atoms with Gasteiger partial charge in [-0.3, -0.25) is 0 Å². The van der Waals surface area contributed by atoms with Crippen LogP contribution in [0.25, 0.3) is 0 Å². The number of hydrogen-bond acceptors (Lipinski definition) is 8. The largest absolute Gasteiger partial charge is 0.492 e. The van der Waals surface area contributed by atoms with Crippen LogP contribution < -0.4 is 20.5 Å². The molecule has 0 bridgehead atoms. The van der Waals surface area contributed by atoms with Crippen LogP contribution in [-0.4, -0.2) is 78.8 Å². The van der Waals surface area contributed by atoms with Gasteiger partial charge in [-0.05, 0) is 30.3 Å². The fourth-order valence-corrected chi connectivity index (χ4v) is 6.07. The summed E-state index contributed by atoms with van der Waals surface area (Å²) >= 11 is 0. The Bertz CT molecular complexity index is 1350. The Hall–Kier alpha value is -2.88. The van der Waals surface area contributed by atoms with Crippen molar-refractivity contribution in [3.05, 3.63) is 45.8 Å². The number of rotatable bonds is 9. The van der Waals surface area contributed by atoms with Crippen molar-refractivity contribution in [2.24, 2.45) is 4.99 Å². The maximum absolute atomic E-state index is 14.3. The van der Waals surface area contributed by atoms with Gasteiger partial charge in [0.2, 0.25) is 0 Å². The number of nitrogens with one attached hydrogen (secondary N) is 1. The molecule has 0 spiro atoms. The maximum Gasteiger partial charge on any atom is 0.492 e. The molecule has 2 heterocycles. The van der Waals surface area contributed by atoms with Gasteiger partial charge in [0.25, 0.3) is 0 Å². The van der Waals surface area contributed by atoms with Crippen LogP contribution in [0.3, 0.4) is 0 Å². The number of piperazine rings is 1. The molecule has 8 nitrogen and oxygen atoms in total. The second kappa shape index (κ2) is 12.3. The normalized spacial score (nSPS) is 17.1. The van der Waals surface area contributed by atoms with Crippen molar-refractivity contribution < 1.29 is 44.8 Å². The molecule has 4 rings (SSSR count). The summed E-state index contributed by atoms with van der Waals surface area (Å²) in [7, 11) is 0.768. The van der Waals surface area contributed by atoms with E-state index in [4.69, 9.17) is 13.7 Å². The molecular weight excluding hydrogens is 566 g/mol. The van der Waals surface area contributed by atoms with Gasteiger partial charge in [-0.1, -0.05) is 0 Å². The number of halogens is 6. The van der Waals surface area contributed by atoms with Crippen molar-refractivity contribution in [3.63, 3.8) is 0 Å². The summed E-state index contributed by atoms with van der Waals surface area (Å²) in [5.41, 5.74) is -0.893. The molecule has 40 heavy (non-hydrogen) atoms. The lowest BCUT2D eigenvalue weighted by Crippen LogP contribution is -2.43. The molecular formula is C25H28F6N4O4S. The van der Waals surface area contributed by atoms with Crippen LogP contribution in [0.1, 0.15) is 5.56 Å². The first-order chi connectivity index (χ1) is 18.9. The molecule has 2 aliphatic rings. The van der Waals surface area contributed by atoms with Crippen molar-refractivity contribution in [1.29, 1.82) is 0 Å². The van der Waals surface area contributed by atoms with Crippen LogP contribution in [0.2, 0.25) is 0 Å². The monoisotopic (exact) mass is 594 g/mol. The van der Waals surface area contributed by atoms with E-state index in [1.54, 1.807) is 12.1 Å². The number of methoxy groups -OCH3 is 2. The summed E-state index contributed by atoms with van der Waals surface area (Å²) in [6, 6.07) is 6.70. The van der Waals surface area contributed by atoms with Gasteiger partial charge in [-0.2, -0.15) is 26.3 Å². The summed E-state index contributed by atoms with van der Waals surface area (Å²) < 4.78 is 98.1. The minimum atomic E-state index is -5.31. The minimum Gasteiger partial charge on any atom is -0.388 e. The Kier molecular flexibility index (Phi) is 9.27. The highest BCUT2D eigenvalue weighted by molar-refractivity contribution is 8.05. The van der Waals surface area contributed by atoms with E-state index >= 15 is 0 Å². The first kappa shape index (κ1) is 30.1. The number of nitrogens with zero attached hydrogens (tertiary/aromatic N) is 3. The molecule has 0 aliphatic carbocycles. The Balaban J connectivity index is 1.96. The van der Waals surface area contributed by atoms with Gasteiger partial charge in [-0.15, -0.1) is 0 Å². The smallest absolute Gasteiger partial charge is 0.388 e. The molecule has 1 unspecified atom stereocenters. The van der Waals surface area contributed by atoms with Crippen molar-refractivity contribution in [3.8, 4) is 0 Å². The van der Waals surface area contributed by atoms with Gasteiger partial charge in [0.15, 0.2) is 0 Å². The molecule has 2 aliphatic heterocycles. The zero-order valence-corrected chi connectivity index (χ0v) is 22.5. The van der Waals surface area contributed by atoms with E-state index in [2.05, 4.69) is 10.3 Å². The van der Waals surface area contributed by atoms with Gasteiger partial charge in [0.1, 0.15) is 0 Å². The number of ether oxygens (including phenoxy) is 2. The van der Waals surface area contributed by atoms with Crippen molar-refractivity contribution >= 4 is 33.8 Å². The predicted octanol–water partition coefficient (Wildman–Crippen LogP) is 4.08. The zero-order chi connectivity index (χ0) is 29.1. The van der Waals surface area contributed by atoms with Crippen LogP contribution in [0, 0.1) is 4.51 Å².